The molecule has 0 radical (unpaired) electrons. The minimum atomic E-state index is -4.28. The number of carbonyl (C=O) groups is 1. The highest BCUT2D eigenvalue weighted by Gasteiger charge is 2.42. The Bertz CT molecular complexity index is 565. The van der Waals surface area contributed by atoms with Crippen LogP contribution in [0.2, 0.25) is 0 Å². The maximum Gasteiger partial charge on any atom is 0.393 e. The quantitative estimate of drug-likeness (QED) is 0.864. The number of anilines is 1. The van der Waals surface area contributed by atoms with Crippen molar-refractivity contribution in [2.24, 2.45) is 5.92 Å². The Hall–Kier alpha value is -2.23. The first-order chi connectivity index (χ1) is 9.90. The summed E-state index contributed by atoms with van der Waals surface area (Å²) in [6.07, 6.45) is -3.90. The van der Waals surface area contributed by atoms with Crippen LogP contribution in [-0.2, 0) is 0 Å². The lowest BCUT2D eigenvalue weighted by molar-refractivity contribution is -0.183. The Kier molecular flexibility index (Phi) is 4.36. The average Bonchev–Trinajstić information content (AvgIpc) is 2.46. The molecule has 1 N–H and O–H groups in total. The summed E-state index contributed by atoms with van der Waals surface area (Å²) in [6, 6.07) is 7.61. The number of likely N-dealkylation sites (tertiary alicyclic amines) is 1. The number of alkyl halides is 3. The molecule has 1 aromatic rings. The Morgan fingerprint density at radius 3 is 2.86 bits per heavy atom. The molecule has 1 fully saturated rings. The summed E-state index contributed by atoms with van der Waals surface area (Å²) < 4.78 is 38.1. The van der Waals surface area contributed by atoms with Crippen LogP contribution < -0.4 is 5.32 Å². The van der Waals surface area contributed by atoms with E-state index in [1.807, 2.05) is 6.07 Å². The number of hydrogen-bond donors (Lipinski definition) is 1. The van der Waals surface area contributed by atoms with Gasteiger partial charge in [0, 0.05) is 18.8 Å². The van der Waals surface area contributed by atoms with E-state index >= 15 is 0 Å². The first-order valence-corrected chi connectivity index (χ1v) is 6.53. The number of rotatable bonds is 1. The number of nitrogens with one attached hydrogen (secondary N) is 1. The van der Waals surface area contributed by atoms with Crippen LogP contribution in [0.3, 0.4) is 0 Å². The molecule has 1 aliphatic rings. The lowest BCUT2D eigenvalue weighted by atomic mass is 9.98. The lowest BCUT2D eigenvalue weighted by Gasteiger charge is -2.33. The van der Waals surface area contributed by atoms with Crippen LogP contribution in [0, 0.1) is 17.2 Å². The van der Waals surface area contributed by atoms with Gasteiger partial charge in [0.15, 0.2) is 0 Å². The number of carbonyl (C=O) groups excluding carboxylic acids is 1. The van der Waals surface area contributed by atoms with Gasteiger partial charge in [-0.2, -0.15) is 18.4 Å². The molecule has 0 spiro atoms. The van der Waals surface area contributed by atoms with E-state index in [0.717, 1.165) is 0 Å². The van der Waals surface area contributed by atoms with Crippen molar-refractivity contribution < 1.29 is 18.0 Å². The Morgan fingerprint density at radius 2 is 2.19 bits per heavy atom. The first kappa shape index (κ1) is 15.2. The zero-order valence-electron chi connectivity index (χ0n) is 11.2. The summed E-state index contributed by atoms with van der Waals surface area (Å²) in [4.78, 5) is 13.2. The molecule has 4 nitrogen and oxygen atoms in total. The monoisotopic (exact) mass is 297 g/mol. The number of benzene rings is 1. The molecule has 1 heterocycles. The number of piperidine rings is 1. The summed E-state index contributed by atoms with van der Waals surface area (Å²) in [5.41, 5.74) is 0.771. The van der Waals surface area contributed by atoms with Crippen LogP contribution in [0.1, 0.15) is 18.4 Å². The van der Waals surface area contributed by atoms with Gasteiger partial charge in [-0.15, -0.1) is 0 Å². The van der Waals surface area contributed by atoms with Gasteiger partial charge in [-0.25, -0.2) is 4.79 Å². The van der Waals surface area contributed by atoms with Gasteiger partial charge in [0.1, 0.15) is 0 Å². The van der Waals surface area contributed by atoms with Crippen LogP contribution in [0.4, 0.5) is 23.7 Å². The van der Waals surface area contributed by atoms with Crippen LogP contribution in [-0.4, -0.2) is 30.2 Å². The van der Waals surface area contributed by atoms with Gasteiger partial charge in [0.25, 0.3) is 0 Å². The minimum Gasteiger partial charge on any atom is -0.324 e. The van der Waals surface area contributed by atoms with E-state index < -0.39 is 18.1 Å². The summed E-state index contributed by atoms with van der Waals surface area (Å²) >= 11 is 0. The van der Waals surface area contributed by atoms with Gasteiger partial charge in [-0.05, 0) is 31.0 Å². The summed E-state index contributed by atoms with van der Waals surface area (Å²) in [5, 5.41) is 11.3. The molecule has 7 heteroatoms. The number of nitriles is 1. The highest BCUT2D eigenvalue weighted by Crippen LogP contribution is 2.33. The summed E-state index contributed by atoms with van der Waals surface area (Å²) in [5.74, 6) is -1.47. The van der Waals surface area contributed by atoms with Gasteiger partial charge in [0.05, 0.1) is 17.6 Å². The molecule has 0 aliphatic carbocycles. The van der Waals surface area contributed by atoms with Crippen molar-refractivity contribution in [3.05, 3.63) is 29.8 Å². The Labute approximate surface area is 120 Å². The first-order valence-electron chi connectivity index (χ1n) is 6.53. The molecule has 112 valence electrons. The lowest BCUT2D eigenvalue weighted by Crippen LogP contribution is -2.46. The molecule has 1 aromatic carbocycles. The van der Waals surface area contributed by atoms with Gasteiger partial charge >= 0.3 is 12.2 Å². The molecule has 21 heavy (non-hydrogen) atoms. The SMILES string of the molecule is N#Cc1cccc(NC(=O)N2CCC[C@H](C(F)(F)F)C2)c1. The zero-order valence-corrected chi connectivity index (χ0v) is 11.2. The third-order valence-electron chi connectivity index (χ3n) is 3.41. The van der Waals surface area contributed by atoms with Crippen molar-refractivity contribution >= 4 is 11.7 Å². The molecule has 2 rings (SSSR count). The fourth-order valence-corrected chi connectivity index (χ4v) is 2.30. The molecule has 1 aliphatic heterocycles. The number of amides is 2. The number of halogens is 3. The number of hydrogen-bond acceptors (Lipinski definition) is 2. The van der Waals surface area contributed by atoms with Crippen molar-refractivity contribution in [3.8, 4) is 6.07 Å². The van der Waals surface area contributed by atoms with Crippen molar-refractivity contribution in [2.75, 3.05) is 18.4 Å². The normalized spacial score (nSPS) is 19.0. The average molecular weight is 297 g/mol. The van der Waals surface area contributed by atoms with E-state index in [2.05, 4.69) is 5.32 Å². The molecular weight excluding hydrogens is 283 g/mol. The molecule has 2 amide bonds. The molecule has 0 unspecified atom stereocenters. The Morgan fingerprint density at radius 1 is 1.43 bits per heavy atom. The second-order valence-electron chi connectivity index (χ2n) is 4.95. The topological polar surface area (TPSA) is 56.1 Å². The number of urea groups is 1. The summed E-state index contributed by atoms with van der Waals surface area (Å²) in [7, 11) is 0. The van der Waals surface area contributed by atoms with Crippen molar-refractivity contribution in [1.82, 2.24) is 4.90 Å². The maximum absolute atomic E-state index is 12.7. The largest absolute Gasteiger partial charge is 0.393 e. The molecule has 1 saturated heterocycles. The molecule has 0 saturated carbocycles. The smallest absolute Gasteiger partial charge is 0.324 e. The fourth-order valence-electron chi connectivity index (χ4n) is 2.30. The summed E-state index contributed by atoms with van der Waals surface area (Å²) in [6.45, 7) is -0.0242. The minimum absolute atomic E-state index is 0.0528. The molecule has 0 bridgehead atoms. The highest BCUT2D eigenvalue weighted by molar-refractivity contribution is 5.89. The molecule has 0 aromatic heterocycles. The number of nitrogens with zero attached hydrogens (tertiary/aromatic N) is 2. The third kappa shape index (κ3) is 3.88. The van der Waals surface area contributed by atoms with Gasteiger partial charge in [0.2, 0.25) is 0 Å². The van der Waals surface area contributed by atoms with E-state index in [1.165, 1.54) is 11.0 Å². The van der Waals surface area contributed by atoms with Crippen LogP contribution in [0.5, 0.6) is 0 Å². The predicted molar refractivity (Wildman–Crippen MR) is 70.5 cm³/mol. The molecular formula is C14H14F3N3O. The third-order valence-corrected chi connectivity index (χ3v) is 3.41. The van der Waals surface area contributed by atoms with Gasteiger partial charge < -0.3 is 10.2 Å². The second-order valence-corrected chi connectivity index (χ2v) is 4.95. The Balaban J connectivity index is 2.01. The van der Waals surface area contributed by atoms with Crippen molar-refractivity contribution in [2.45, 2.75) is 19.0 Å². The van der Waals surface area contributed by atoms with E-state index in [-0.39, 0.29) is 13.0 Å². The molecule has 1 atom stereocenters. The fraction of sp³-hybridized carbons (Fsp3) is 0.429. The van der Waals surface area contributed by atoms with E-state index in [0.29, 0.717) is 24.2 Å². The maximum atomic E-state index is 12.7. The highest BCUT2D eigenvalue weighted by atomic mass is 19.4. The van der Waals surface area contributed by atoms with Crippen molar-refractivity contribution in [1.29, 1.82) is 5.26 Å². The van der Waals surface area contributed by atoms with Crippen LogP contribution in [0.15, 0.2) is 24.3 Å². The van der Waals surface area contributed by atoms with E-state index in [1.54, 1.807) is 18.2 Å². The van der Waals surface area contributed by atoms with Gasteiger partial charge in [-0.1, -0.05) is 6.07 Å². The second kappa shape index (κ2) is 6.04. The van der Waals surface area contributed by atoms with Gasteiger partial charge in [-0.3, -0.25) is 0 Å². The zero-order chi connectivity index (χ0) is 15.5. The van der Waals surface area contributed by atoms with Crippen molar-refractivity contribution in [3.63, 3.8) is 0 Å². The van der Waals surface area contributed by atoms with E-state index in [4.69, 9.17) is 5.26 Å². The van der Waals surface area contributed by atoms with Crippen LogP contribution in [0.25, 0.3) is 0 Å². The predicted octanol–water partition coefficient (Wildman–Crippen LogP) is 3.36. The standard InChI is InChI=1S/C14H14F3N3O/c15-14(16,17)11-4-2-6-20(9-11)13(21)19-12-5-1-3-10(7-12)8-18/h1,3,5,7,11H,2,4,6,9H2,(H,19,21)/t11-/m0/s1. The van der Waals surface area contributed by atoms with Crippen LogP contribution >= 0.6 is 0 Å². The van der Waals surface area contributed by atoms with E-state index in [9.17, 15) is 18.0 Å².